The molecule has 1 aromatic rings. The van der Waals surface area contributed by atoms with E-state index in [1.807, 2.05) is 6.07 Å². The van der Waals surface area contributed by atoms with Crippen molar-refractivity contribution in [1.29, 1.82) is 0 Å². The maximum absolute atomic E-state index is 6.18. The summed E-state index contributed by atoms with van der Waals surface area (Å²) in [5, 5.41) is 0. The van der Waals surface area contributed by atoms with E-state index >= 15 is 0 Å². The Morgan fingerprint density at radius 3 is 2.60 bits per heavy atom. The van der Waals surface area contributed by atoms with Gasteiger partial charge in [-0.3, -0.25) is 4.90 Å². The van der Waals surface area contributed by atoms with Crippen LogP contribution in [0.4, 0.5) is 5.69 Å². The molecule has 0 saturated heterocycles. The third-order valence-electron chi connectivity index (χ3n) is 3.94. The van der Waals surface area contributed by atoms with Gasteiger partial charge >= 0.3 is 0 Å². The predicted octanol–water partition coefficient (Wildman–Crippen LogP) is 4.56. The van der Waals surface area contributed by atoms with E-state index in [4.69, 9.17) is 12.2 Å². The van der Waals surface area contributed by atoms with Crippen molar-refractivity contribution in [3.05, 3.63) is 26.6 Å². The normalized spacial score (nSPS) is 16.3. The minimum absolute atomic E-state index is 0.594. The Labute approximate surface area is 138 Å². The number of nitrogen functional groups attached to an aromatic ring is 1. The Kier molecular flexibility index (Phi) is 5.95. The lowest BCUT2D eigenvalue weighted by atomic mass is 9.93. The molecule has 0 radical (unpaired) electrons. The fourth-order valence-electron chi connectivity index (χ4n) is 2.87. The van der Waals surface area contributed by atoms with E-state index in [9.17, 15) is 0 Å². The van der Waals surface area contributed by atoms with E-state index in [-0.39, 0.29) is 0 Å². The van der Waals surface area contributed by atoms with Crippen molar-refractivity contribution in [3.8, 4) is 12.3 Å². The van der Waals surface area contributed by atoms with Crippen LogP contribution in [0.1, 0.15) is 37.7 Å². The Balaban J connectivity index is 2.17. The molecular formula is C16H20Br2N2. The highest BCUT2D eigenvalue weighted by atomic mass is 79.9. The second-order valence-corrected chi connectivity index (χ2v) is 7.13. The fourth-order valence-corrected chi connectivity index (χ4v) is 4.18. The highest BCUT2D eigenvalue weighted by molar-refractivity contribution is 9.11. The molecule has 2 N–H and O–H groups in total. The largest absolute Gasteiger partial charge is 0.398 e. The second kappa shape index (κ2) is 7.49. The third kappa shape index (κ3) is 4.00. The van der Waals surface area contributed by atoms with Crippen LogP contribution in [-0.4, -0.2) is 17.5 Å². The van der Waals surface area contributed by atoms with Crippen molar-refractivity contribution in [2.24, 2.45) is 0 Å². The van der Waals surface area contributed by atoms with Gasteiger partial charge in [-0.2, -0.15) is 0 Å². The molecule has 4 heteroatoms. The molecule has 0 aromatic heterocycles. The van der Waals surface area contributed by atoms with Crippen LogP contribution in [0.3, 0.4) is 0 Å². The lowest BCUT2D eigenvalue weighted by Crippen LogP contribution is -2.36. The summed E-state index contributed by atoms with van der Waals surface area (Å²) in [5.41, 5.74) is 8.12. The van der Waals surface area contributed by atoms with Crippen LogP contribution in [0.5, 0.6) is 0 Å². The van der Waals surface area contributed by atoms with Crippen LogP contribution in [0.25, 0.3) is 0 Å². The molecule has 1 aliphatic carbocycles. The first kappa shape index (κ1) is 15.9. The zero-order chi connectivity index (χ0) is 14.5. The number of rotatable bonds is 4. The highest BCUT2D eigenvalue weighted by Gasteiger charge is 2.21. The molecule has 0 spiro atoms. The molecular weight excluding hydrogens is 380 g/mol. The van der Waals surface area contributed by atoms with Gasteiger partial charge in [0.25, 0.3) is 0 Å². The summed E-state index contributed by atoms with van der Waals surface area (Å²) in [6.07, 6.45) is 12.0. The SMILES string of the molecule is C#CCN(Cc1cc(Br)cc(Br)c1N)C1CCCCC1. The Morgan fingerprint density at radius 1 is 1.25 bits per heavy atom. The second-order valence-electron chi connectivity index (χ2n) is 5.36. The summed E-state index contributed by atoms with van der Waals surface area (Å²) >= 11 is 7.04. The number of hydrogen-bond donors (Lipinski definition) is 1. The molecule has 1 fully saturated rings. The Hall–Kier alpha value is -0.500. The van der Waals surface area contributed by atoms with Crippen molar-refractivity contribution in [2.45, 2.75) is 44.7 Å². The summed E-state index contributed by atoms with van der Waals surface area (Å²) in [4.78, 5) is 2.39. The van der Waals surface area contributed by atoms with E-state index in [0.29, 0.717) is 12.6 Å². The van der Waals surface area contributed by atoms with Gasteiger partial charge in [0.15, 0.2) is 0 Å². The first-order chi connectivity index (χ1) is 9.61. The topological polar surface area (TPSA) is 29.3 Å². The summed E-state index contributed by atoms with van der Waals surface area (Å²) in [6, 6.07) is 4.66. The average molecular weight is 400 g/mol. The van der Waals surface area contributed by atoms with E-state index in [2.05, 4.69) is 48.7 Å². The predicted molar refractivity (Wildman–Crippen MR) is 92.4 cm³/mol. The van der Waals surface area contributed by atoms with Crippen LogP contribution < -0.4 is 5.73 Å². The standard InChI is InChI=1S/C16H20Br2N2/c1-2-8-20(14-6-4-3-5-7-14)11-12-9-13(17)10-15(18)16(12)19/h1,9-10,14H,3-8,11,19H2. The monoisotopic (exact) mass is 398 g/mol. The smallest absolute Gasteiger partial charge is 0.0604 e. The summed E-state index contributed by atoms with van der Waals surface area (Å²) in [6.45, 7) is 1.51. The number of hydrogen-bond acceptors (Lipinski definition) is 2. The van der Waals surface area contributed by atoms with Gasteiger partial charge in [0, 0.05) is 21.5 Å². The molecule has 0 aliphatic heterocycles. The zero-order valence-electron chi connectivity index (χ0n) is 11.5. The van der Waals surface area contributed by atoms with Crippen LogP contribution in [0.15, 0.2) is 21.1 Å². The molecule has 2 nitrogen and oxygen atoms in total. The minimum Gasteiger partial charge on any atom is -0.398 e. The van der Waals surface area contributed by atoms with Crippen molar-refractivity contribution < 1.29 is 0 Å². The highest BCUT2D eigenvalue weighted by Crippen LogP contribution is 2.31. The first-order valence-electron chi connectivity index (χ1n) is 7.02. The van der Waals surface area contributed by atoms with Gasteiger partial charge < -0.3 is 5.73 Å². The van der Waals surface area contributed by atoms with Gasteiger partial charge in [0.1, 0.15) is 0 Å². The van der Waals surface area contributed by atoms with E-state index < -0.39 is 0 Å². The molecule has 1 saturated carbocycles. The lowest BCUT2D eigenvalue weighted by molar-refractivity contribution is 0.167. The molecule has 108 valence electrons. The van der Waals surface area contributed by atoms with E-state index in [1.165, 1.54) is 32.1 Å². The van der Waals surface area contributed by atoms with E-state index in [1.54, 1.807) is 0 Å². The molecule has 0 bridgehead atoms. The number of anilines is 1. The number of nitrogens with zero attached hydrogens (tertiary/aromatic N) is 1. The first-order valence-corrected chi connectivity index (χ1v) is 8.61. The average Bonchev–Trinajstić information content (AvgIpc) is 2.44. The Morgan fingerprint density at radius 2 is 1.95 bits per heavy atom. The minimum atomic E-state index is 0.594. The van der Waals surface area contributed by atoms with Crippen molar-refractivity contribution in [1.82, 2.24) is 4.90 Å². The summed E-state index contributed by atoms with van der Waals surface area (Å²) in [5.74, 6) is 2.80. The summed E-state index contributed by atoms with van der Waals surface area (Å²) in [7, 11) is 0. The molecule has 1 aromatic carbocycles. The van der Waals surface area contributed by atoms with Crippen LogP contribution >= 0.6 is 31.9 Å². The number of terminal acetylenes is 1. The quantitative estimate of drug-likeness (QED) is 0.593. The van der Waals surface area contributed by atoms with Gasteiger partial charge in [-0.15, -0.1) is 6.42 Å². The van der Waals surface area contributed by atoms with Crippen LogP contribution in [-0.2, 0) is 6.54 Å². The molecule has 0 heterocycles. The molecule has 0 atom stereocenters. The van der Waals surface area contributed by atoms with Crippen molar-refractivity contribution in [3.63, 3.8) is 0 Å². The third-order valence-corrected chi connectivity index (χ3v) is 5.05. The molecule has 20 heavy (non-hydrogen) atoms. The maximum Gasteiger partial charge on any atom is 0.0604 e. The van der Waals surface area contributed by atoms with Crippen molar-refractivity contribution in [2.75, 3.05) is 12.3 Å². The Bertz CT molecular complexity index is 502. The van der Waals surface area contributed by atoms with Gasteiger partial charge in [-0.25, -0.2) is 0 Å². The lowest BCUT2D eigenvalue weighted by Gasteiger charge is -2.33. The number of nitrogens with two attached hydrogens (primary N) is 1. The fraction of sp³-hybridized carbons (Fsp3) is 0.500. The molecule has 0 amide bonds. The van der Waals surface area contributed by atoms with Gasteiger partial charge in [-0.1, -0.05) is 41.1 Å². The summed E-state index contributed by atoms with van der Waals surface area (Å²) < 4.78 is 1.98. The van der Waals surface area contributed by atoms with Crippen molar-refractivity contribution >= 4 is 37.5 Å². The van der Waals surface area contributed by atoms with Gasteiger partial charge in [0.05, 0.1) is 12.2 Å². The van der Waals surface area contributed by atoms with Gasteiger partial charge in [-0.05, 0) is 46.5 Å². The number of benzene rings is 1. The molecule has 2 rings (SSSR count). The molecule has 0 unspecified atom stereocenters. The van der Waals surface area contributed by atoms with Crippen LogP contribution in [0.2, 0.25) is 0 Å². The maximum atomic E-state index is 6.18. The molecule has 1 aliphatic rings. The van der Waals surface area contributed by atoms with Crippen LogP contribution in [0, 0.1) is 12.3 Å². The number of halogens is 2. The van der Waals surface area contributed by atoms with Gasteiger partial charge in [0.2, 0.25) is 0 Å². The van der Waals surface area contributed by atoms with E-state index in [0.717, 1.165) is 26.7 Å². The zero-order valence-corrected chi connectivity index (χ0v) is 14.7.